The molecule has 2 fully saturated rings. The lowest BCUT2D eigenvalue weighted by atomic mass is 9.85. The normalized spacial score (nSPS) is 43.0. The predicted molar refractivity (Wildman–Crippen MR) is 51.2 cm³/mol. The van der Waals surface area contributed by atoms with Gasteiger partial charge in [-0.25, -0.2) is 0 Å². The first-order valence-electron chi connectivity index (χ1n) is 5.10. The van der Waals surface area contributed by atoms with Gasteiger partial charge in [0, 0.05) is 12.6 Å². The van der Waals surface area contributed by atoms with Crippen LogP contribution in [0.5, 0.6) is 0 Å². The second-order valence-electron chi connectivity index (χ2n) is 4.72. The number of hydrogen-bond donors (Lipinski definition) is 1. The van der Waals surface area contributed by atoms with Crippen molar-refractivity contribution in [1.29, 1.82) is 0 Å². The molecule has 2 nitrogen and oxygen atoms in total. The first-order chi connectivity index (χ1) is 5.74. The average molecular weight is 168 g/mol. The fraction of sp³-hybridized carbons (Fsp3) is 1.00. The van der Waals surface area contributed by atoms with Gasteiger partial charge >= 0.3 is 0 Å². The Kier molecular flexibility index (Phi) is 2.13. The summed E-state index contributed by atoms with van der Waals surface area (Å²) in [7, 11) is 4.35. The smallest absolute Gasteiger partial charge is 0.00700 e. The molecule has 1 aliphatic heterocycles. The zero-order chi connectivity index (χ0) is 8.60. The van der Waals surface area contributed by atoms with E-state index >= 15 is 0 Å². The van der Waals surface area contributed by atoms with Crippen LogP contribution in [0.4, 0.5) is 0 Å². The predicted octanol–water partition coefficient (Wildman–Crippen LogP) is 1.08. The Morgan fingerprint density at radius 1 is 1.42 bits per heavy atom. The summed E-state index contributed by atoms with van der Waals surface area (Å²) in [5, 5.41) is 3.41. The Hall–Kier alpha value is -0.0800. The monoisotopic (exact) mass is 168 g/mol. The van der Waals surface area contributed by atoms with Crippen LogP contribution in [0.1, 0.15) is 25.7 Å². The fourth-order valence-corrected chi connectivity index (χ4v) is 2.98. The lowest BCUT2D eigenvalue weighted by Gasteiger charge is -2.22. The van der Waals surface area contributed by atoms with Crippen molar-refractivity contribution in [2.45, 2.75) is 31.7 Å². The van der Waals surface area contributed by atoms with Gasteiger partial charge in [0.1, 0.15) is 0 Å². The number of nitrogens with one attached hydrogen (secondary N) is 1. The van der Waals surface area contributed by atoms with E-state index in [2.05, 4.69) is 24.3 Å². The third kappa shape index (κ3) is 1.38. The van der Waals surface area contributed by atoms with Crippen LogP contribution < -0.4 is 5.32 Å². The maximum Gasteiger partial charge on any atom is 0.00700 e. The van der Waals surface area contributed by atoms with Gasteiger partial charge in [0.2, 0.25) is 0 Å². The molecule has 70 valence electrons. The second-order valence-corrected chi connectivity index (χ2v) is 4.72. The van der Waals surface area contributed by atoms with Crippen molar-refractivity contribution >= 4 is 0 Å². The van der Waals surface area contributed by atoms with Crippen molar-refractivity contribution in [1.82, 2.24) is 10.2 Å². The summed E-state index contributed by atoms with van der Waals surface area (Å²) in [6.07, 6.45) is 5.68. The lowest BCUT2D eigenvalue weighted by molar-refractivity contribution is 0.283. The van der Waals surface area contributed by atoms with E-state index in [4.69, 9.17) is 0 Å². The number of likely N-dealkylation sites (tertiary alicyclic amines) is 1. The molecule has 12 heavy (non-hydrogen) atoms. The molecule has 0 amide bonds. The summed E-state index contributed by atoms with van der Waals surface area (Å²) in [4.78, 5) is 2.48. The Morgan fingerprint density at radius 2 is 2.25 bits per heavy atom. The van der Waals surface area contributed by atoms with Crippen LogP contribution in [0, 0.1) is 5.41 Å². The summed E-state index contributed by atoms with van der Waals surface area (Å²) in [5.74, 6) is 0. The molecule has 0 aromatic rings. The molecule has 1 heterocycles. The number of rotatable bonds is 1. The van der Waals surface area contributed by atoms with Crippen molar-refractivity contribution in [3.8, 4) is 0 Å². The Morgan fingerprint density at radius 3 is 2.75 bits per heavy atom. The van der Waals surface area contributed by atoms with Crippen molar-refractivity contribution in [3.05, 3.63) is 0 Å². The molecule has 1 N–H and O–H groups in total. The van der Waals surface area contributed by atoms with E-state index in [1.807, 2.05) is 0 Å². The molecule has 0 aromatic carbocycles. The maximum atomic E-state index is 3.41. The summed E-state index contributed by atoms with van der Waals surface area (Å²) in [5.41, 5.74) is 0.697. The first-order valence-corrected chi connectivity index (χ1v) is 5.10. The Bertz CT molecular complexity index is 169. The maximum absolute atomic E-state index is 3.41. The first kappa shape index (κ1) is 8.52. The van der Waals surface area contributed by atoms with Gasteiger partial charge in [-0.05, 0) is 51.7 Å². The molecule has 2 heteroatoms. The van der Waals surface area contributed by atoms with Gasteiger partial charge in [-0.3, -0.25) is 0 Å². The van der Waals surface area contributed by atoms with Crippen LogP contribution in [0.3, 0.4) is 0 Å². The molecule has 0 aromatic heterocycles. The van der Waals surface area contributed by atoms with E-state index in [9.17, 15) is 0 Å². The zero-order valence-electron chi connectivity index (χ0n) is 8.27. The van der Waals surface area contributed by atoms with Crippen molar-refractivity contribution in [3.63, 3.8) is 0 Å². The van der Waals surface area contributed by atoms with Gasteiger partial charge in [0.25, 0.3) is 0 Å². The molecule has 1 aliphatic carbocycles. The molecule has 1 saturated carbocycles. The standard InChI is InChI=1S/C10H20N2/c1-11-9-3-4-10(7-9)5-6-12(2)8-10/h9,11H,3-8H2,1-2H3/t9?,10-/m0/s1. The topological polar surface area (TPSA) is 15.3 Å². The molecule has 0 bridgehead atoms. The average Bonchev–Trinajstić information content (AvgIpc) is 2.61. The van der Waals surface area contributed by atoms with E-state index in [1.165, 1.54) is 38.8 Å². The summed E-state index contributed by atoms with van der Waals surface area (Å²) < 4.78 is 0. The van der Waals surface area contributed by atoms with Crippen molar-refractivity contribution in [2.75, 3.05) is 27.2 Å². The van der Waals surface area contributed by atoms with E-state index in [0.717, 1.165) is 6.04 Å². The minimum Gasteiger partial charge on any atom is -0.317 e. The van der Waals surface area contributed by atoms with Crippen LogP contribution in [-0.4, -0.2) is 38.1 Å². The SMILES string of the molecule is CNC1CC[C@]2(CCN(C)C2)C1. The van der Waals surface area contributed by atoms with Gasteiger partial charge in [0.05, 0.1) is 0 Å². The summed E-state index contributed by atoms with van der Waals surface area (Å²) in [6.45, 7) is 2.65. The zero-order valence-corrected chi connectivity index (χ0v) is 8.27. The highest BCUT2D eigenvalue weighted by Gasteiger charge is 2.42. The van der Waals surface area contributed by atoms with E-state index < -0.39 is 0 Å². The fourth-order valence-electron chi connectivity index (χ4n) is 2.98. The molecule has 1 unspecified atom stereocenters. The lowest BCUT2D eigenvalue weighted by Crippen LogP contribution is -2.27. The highest BCUT2D eigenvalue weighted by atomic mass is 15.1. The van der Waals surface area contributed by atoms with E-state index in [-0.39, 0.29) is 0 Å². The van der Waals surface area contributed by atoms with E-state index in [0.29, 0.717) is 5.41 Å². The number of nitrogens with zero attached hydrogens (tertiary/aromatic N) is 1. The molecule has 2 rings (SSSR count). The Balaban J connectivity index is 1.97. The quantitative estimate of drug-likeness (QED) is 0.630. The van der Waals surface area contributed by atoms with Crippen LogP contribution in [0.25, 0.3) is 0 Å². The molecular weight excluding hydrogens is 148 g/mol. The summed E-state index contributed by atoms with van der Waals surface area (Å²) in [6, 6.07) is 0.802. The largest absolute Gasteiger partial charge is 0.317 e. The minimum atomic E-state index is 0.697. The van der Waals surface area contributed by atoms with Gasteiger partial charge in [-0.15, -0.1) is 0 Å². The van der Waals surface area contributed by atoms with Crippen LogP contribution in [0.2, 0.25) is 0 Å². The summed E-state index contributed by atoms with van der Waals surface area (Å²) >= 11 is 0. The molecule has 1 saturated heterocycles. The molecule has 0 radical (unpaired) electrons. The van der Waals surface area contributed by atoms with Gasteiger partial charge < -0.3 is 10.2 Å². The molecule has 1 spiro atoms. The minimum absolute atomic E-state index is 0.697. The van der Waals surface area contributed by atoms with E-state index in [1.54, 1.807) is 0 Å². The van der Waals surface area contributed by atoms with Crippen LogP contribution in [-0.2, 0) is 0 Å². The van der Waals surface area contributed by atoms with Crippen LogP contribution >= 0.6 is 0 Å². The third-order valence-corrected chi connectivity index (χ3v) is 3.74. The second kappa shape index (κ2) is 3.00. The van der Waals surface area contributed by atoms with Crippen LogP contribution in [0.15, 0.2) is 0 Å². The highest BCUT2D eigenvalue weighted by Crippen LogP contribution is 2.44. The van der Waals surface area contributed by atoms with Gasteiger partial charge in [-0.1, -0.05) is 0 Å². The molecule has 2 aliphatic rings. The van der Waals surface area contributed by atoms with Crippen molar-refractivity contribution < 1.29 is 0 Å². The number of hydrogen-bond acceptors (Lipinski definition) is 2. The Labute approximate surface area is 75.3 Å². The van der Waals surface area contributed by atoms with Crippen molar-refractivity contribution in [2.24, 2.45) is 5.41 Å². The molecule has 2 atom stereocenters. The molecular formula is C10H20N2. The highest BCUT2D eigenvalue weighted by molar-refractivity contribution is 4.97. The van der Waals surface area contributed by atoms with Gasteiger partial charge in [-0.2, -0.15) is 0 Å². The third-order valence-electron chi connectivity index (χ3n) is 3.74. The van der Waals surface area contributed by atoms with Gasteiger partial charge in [0.15, 0.2) is 0 Å².